The minimum Gasteiger partial charge on any atom is -0.0622 e. The van der Waals surface area contributed by atoms with Crippen LogP contribution in [-0.4, -0.2) is 0 Å². The molecular weight excluding hydrogens is 300 g/mol. The Hall–Kier alpha value is -3.12. The lowest BCUT2D eigenvalue weighted by atomic mass is 9.92. The minimum atomic E-state index is 1.25. The molecule has 4 rings (SSSR count). The maximum atomic E-state index is 2.22. The van der Waals surface area contributed by atoms with Crippen LogP contribution in [0, 0.1) is 6.92 Å². The molecule has 0 aliphatic carbocycles. The number of hydrogen-bond acceptors (Lipinski definition) is 0. The topological polar surface area (TPSA) is 0 Å². The van der Waals surface area contributed by atoms with Gasteiger partial charge in [-0.05, 0) is 45.9 Å². The molecule has 0 heterocycles. The lowest BCUT2D eigenvalue weighted by molar-refractivity contribution is 1.44. The first-order chi connectivity index (χ1) is 12.3. The van der Waals surface area contributed by atoms with Crippen LogP contribution in [0.3, 0.4) is 0 Å². The second-order valence-corrected chi connectivity index (χ2v) is 6.29. The molecule has 120 valence electrons. The average molecular weight is 320 g/mol. The van der Waals surface area contributed by atoms with Gasteiger partial charge in [-0.3, -0.25) is 0 Å². The Bertz CT molecular complexity index is 965. The molecular formula is C25H20. The Morgan fingerprint density at radius 2 is 0.760 bits per heavy atom. The van der Waals surface area contributed by atoms with Crippen molar-refractivity contribution in [2.45, 2.75) is 6.92 Å². The zero-order valence-electron chi connectivity index (χ0n) is 14.3. The van der Waals surface area contributed by atoms with Crippen molar-refractivity contribution in [3.8, 4) is 33.4 Å². The summed E-state index contributed by atoms with van der Waals surface area (Å²) in [6.07, 6.45) is 0. The van der Waals surface area contributed by atoms with E-state index in [4.69, 9.17) is 0 Å². The van der Waals surface area contributed by atoms with E-state index < -0.39 is 0 Å². The van der Waals surface area contributed by atoms with E-state index >= 15 is 0 Å². The summed E-state index contributed by atoms with van der Waals surface area (Å²) in [7, 11) is 0. The molecule has 0 heteroatoms. The van der Waals surface area contributed by atoms with Crippen molar-refractivity contribution in [3.05, 3.63) is 109 Å². The predicted octanol–water partition coefficient (Wildman–Crippen LogP) is 7.00. The minimum absolute atomic E-state index is 1.25. The van der Waals surface area contributed by atoms with Gasteiger partial charge in [-0.15, -0.1) is 0 Å². The van der Waals surface area contributed by atoms with E-state index in [1.807, 2.05) is 0 Å². The van der Waals surface area contributed by atoms with Crippen molar-refractivity contribution in [2.24, 2.45) is 0 Å². The molecule has 0 aromatic heterocycles. The number of rotatable bonds is 3. The SMILES string of the molecule is Cc1c(-c2ccccc2)cccc1-c1ccc(-c2ccccc2)cc1. The molecule has 0 atom stereocenters. The van der Waals surface area contributed by atoms with Crippen LogP contribution in [0.1, 0.15) is 5.56 Å². The summed E-state index contributed by atoms with van der Waals surface area (Å²) in [6, 6.07) is 36.5. The van der Waals surface area contributed by atoms with Crippen molar-refractivity contribution in [1.29, 1.82) is 0 Å². The first kappa shape index (κ1) is 15.4. The van der Waals surface area contributed by atoms with Gasteiger partial charge in [-0.1, -0.05) is 103 Å². The molecule has 4 aromatic carbocycles. The molecule has 0 bridgehead atoms. The van der Waals surface area contributed by atoms with Crippen molar-refractivity contribution >= 4 is 0 Å². The summed E-state index contributed by atoms with van der Waals surface area (Å²) < 4.78 is 0. The summed E-state index contributed by atoms with van der Waals surface area (Å²) >= 11 is 0. The fourth-order valence-electron chi connectivity index (χ4n) is 3.35. The van der Waals surface area contributed by atoms with Crippen molar-refractivity contribution in [2.75, 3.05) is 0 Å². The molecule has 0 N–H and O–H groups in total. The molecule has 0 radical (unpaired) electrons. The van der Waals surface area contributed by atoms with Crippen LogP contribution >= 0.6 is 0 Å². The van der Waals surface area contributed by atoms with Crippen LogP contribution in [0.5, 0.6) is 0 Å². The quantitative estimate of drug-likeness (QED) is 0.381. The zero-order chi connectivity index (χ0) is 17.1. The normalized spacial score (nSPS) is 10.6. The fraction of sp³-hybridized carbons (Fsp3) is 0.0400. The highest BCUT2D eigenvalue weighted by Gasteiger charge is 2.08. The van der Waals surface area contributed by atoms with Gasteiger partial charge >= 0.3 is 0 Å². The Kier molecular flexibility index (Phi) is 4.18. The molecule has 0 amide bonds. The van der Waals surface area contributed by atoms with E-state index in [-0.39, 0.29) is 0 Å². The molecule has 0 nitrogen and oxygen atoms in total. The average Bonchev–Trinajstić information content (AvgIpc) is 2.70. The lowest BCUT2D eigenvalue weighted by Crippen LogP contribution is -1.88. The van der Waals surface area contributed by atoms with Crippen LogP contribution in [0.15, 0.2) is 103 Å². The van der Waals surface area contributed by atoms with Gasteiger partial charge in [0.25, 0.3) is 0 Å². The molecule has 0 unspecified atom stereocenters. The standard InChI is InChI=1S/C25H20/c1-19-24(22-11-6-3-7-12-22)13-8-14-25(19)23-17-15-21(16-18-23)20-9-4-2-5-10-20/h2-18H,1H3. The first-order valence-electron chi connectivity index (χ1n) is 8.64. The van der Waals surface area contributed by atoms with Gasteiger partial charge in [0.2, 0.25) is 0 Å². The Morgan fingerprint density at radius 1 is 0.360 bits per heavy atom. The Morgan fingerprint density at radius 3 is 1.32 bits per heavy atom. The Balaban J connectivity index is 1.73. The largest absolute Gasteiger partial charge is 0.0622 e. The fourth-order valence-corrected chi connectivity index (χ4v) is 3.35. The van der Waals surface area contributed by atoms with E-state index in [0.29, 0.717) is 0 Å². The molecule has 0 aliphatic rings. The highest BCUT2D eigenvalue weighted by Crippen LogP contribution is 2.32. The summed E-state index contributed by atoms with van der Waals surface area (Å²) in [5.74, 6) is 0. The van der Waals surface area contributed by atoms with Crippen molar-refractivity contribution in [1.82, 2.24) is 0 Å². The van der Waals surface area contributed by atoms with Gasteiger partial charge in [0, 0.05) is 0 Å². The third kappa shape index (κ3) is 3.12. The molecule has 0 saturated carbocycles. The van der Waals surface area contributed by atoms with Crippen molar-refractivity contribution < 1.29 is 0 Å². The summed E-state index contributed by atoms with van der Waals surface area (Å²) in [5, 5.41) is 0. The lowest BCUT2D eigenvalue weighted by Gasteiger charge is -2.12. The third-order valence-electron chi connectivity index (χ3n) is 4.72. The van der Waals surface area contributed by atoms with Crippen LogP contribution in [0.4, 0.5) is 0 Å². The van der Waals surface area contributed by atoms with Gasteiger partial charge in [-0.2, -0.15) is 0 Å². The van der Waals surface area contributed by atoms with E-state index in [0.717, 1.165) is 0 Å². The maximum Gasteiger partial charge on any atom is -0.0149 e. The molecule has 0 spiro atoms. The first-order valence-corrected chi connectivity index (χ1v) is 8.64. The van der Waals surface area contributed by atoms with Crippen LogP contribution in [-0.2, 0) is 0 Å². The van der Waals surface area contributed by atoms with Gasteiger partial charge in [0.15, 0.2) is 0 Å². The summed E-state index contributed by atoms with van der Waals surface area (Å²) in [5.41, 5.74) is 8.94. The number of hydrogen-bond donors (Lipinski definition) is 0. The third-order valence-corrected chi connectivity index (χ3v) is 4.72. The monoisotopic (exact) mass is 320 g/mol. The molecule has 25 heavy (non-hydrogen) atoms. The number of benzene rings is 4. The predicted molar refractivity (Wildman–Crippen MR) is 107 cm³/mol. The summed E-state index contributed by atoms with van der Waals surface area (Å²) in [6.45, 7) is 2.21. The zero-order valence-corrected chi connectivity index (χ0v) is 14.3. The molecule has 4 aromatic rings. The van der Waals surface area contributed by atoms with Crippen LogP contribution in [0.2, 0.25) is 0 Å². The van der Waals surface area contributed by atoms with Crippen LogP contribution in [0.25, 0.3) is 33.4 Å². The van der Waals surface area contributed by atoms with Gasteiger partial charge in [0.1, 0.15) is 0 Å². The van der Waals surface area contributed by atoms with Gasteiger partial charge in [-0.25, -0.2) is 0 Å². The van der Waals surface area contributed by atoms with E-state index in [2.05, 4.69) is 110 Å². The van der Waals surface area contributed by atoms with E-state index in [9.17, 15) is 0 Å². The highest BCUT2D eigenvalue weighted by atomic mass is 14.1. The van der Waals surface area contributed by atoms with Crippen molar-refractivity contribution in [3.63, 3.8) is 0 Å². The summed E-state index contributed by atoms with van der Waals surface area (Å²) in [4.78, 5) is 0. The van der Waals surface area contributed by atoms with Gasteiger partial charge < -0.3 is 0 Å². The maximum absolute atomic E-state index is 2.22. The van der Waals surface area contributed by atoms with E-state index in [1.165, 1.54) is 38.9 Å². The van der Waals surface area contributed by atoms with Gasteiger partial charge in [0.05, 0.1) is 0 Å². The second kappa shape index (κ2) is 6.78. The molecule has 0 aliphatic heterocycles. The second-order valence-electron chi connectivity index (χ2n) is 6.29. The Labute approximate surface area is 149 Å². The molecule has 0 saturated heterocycles. The van der Waals surface area contributed by atoms with Crippen LogP contribution < -0.4 is 0 Å². The van der Waals surface area contributed by atoms with E-state index in [1.54, 1.807) is 0 Å². The highest BCUT2D eigenvalue weighted by molar-refractivity contribution is 5.79. The molecule has 0 fully saturated rings. The smallest absolute Gasteiger partial charge is 0.0149 e.